The standard InChI is InChI=1S/C19H17N3O2S2/c1-2-13-5-7-14(8-6-13)19-20-16(12-26-19)18(24)22-21-17(23)10-9-15-4-3-11-25-15/h3-12H,2H2,1H3,(H,21,23)(H,22,24)/b10-9+. The lowest BCUT2D eigenvalue weighted by molar-refractivity contribution is -0.117. The van der Waals surface area contributed by atoms with Crippen LogP contribution >= 0.6 is 22.7 Å². The number of carbonyl (C=O) groups excluding carboxylic acids is 2. The van der Waals surface area contributed by atoms with Gasteiger partial charge in [-0.3, -0.25) is 20.4 Å². The molecule has 7 heteroatoms. The van der Waals surface area contributed by atoms with Gasteiger partial charge in [-0.05, 0) is 29.5 Å². The van der Waals surface area contributed by atoms with Gasteiger partial charge in [0.1, 0.15) is 10.7 Å². The Morgan fingerprint density at radius 1 is 1.12 bits per heavy atom. The summed E-state index contributed by atoms with van der Waals surface area (Å²) < 4.78 is 0. The number of aromatic nitrogens is 1. The molecule has 1 aromatic carbocycles. The van der Waals surface area contributed by atoms with Crippen LogP contribution in [0.2, 0.25) is 0 Å². The van der Waals surface area contributed by atoms with E-state index in [1.54, 1.807) is 11.5 Å². The van der Waals surface area contributed by atoms with E-state index < -0.39 is 11.8 Å². The van der Waals surface area contributed by atoms with Crippen LogP contribution in [0.3, 0.4) is 0 Å². The summed E-state index contributed by atoms with van der Waals surface area (Å²) in [4.78, 5) is 29.2. The van der Waals surface area contributed by atoms with Crippen molar-refractivity contribution < 1.29 is 9.59 Å². The number of thiazole rings is 1. The molecule has 0 saturated carbocycles. The van der Waals surface area contributed by atoms with Crippen molar-refractivity contribution in [2.24, 2.45) is 0 Å². The first kappa shape index (κ1) is 18.0. The summed E-state index contributed by atoms with van der Waals surface area (Å²) in [7, 11) is 0. The van der Waals surface area contributed by atoms with E-state index in [2.05, 4.69) is 34.9 Å². The molecule has 0 bridgehead atoms. The quantitative estimate of drug-likeness (QED) is 0.518. The van der Waals surface area contributed by atoms with Crippen LogP contribution in [0.15, 0.2) is 53.2 Å². The fourth-order valence-corrected chi connectivity index (χ4v) is 3.59. The number of benzene rings is 1. The first-order chi connectivity index (χ1) is 12.7. The van der Waals surface area contributed by atoms with Crippen molar-refractivity contribution in [1.82, 2.24) is 15.8 Å². The Bertz CT molecular complexity index is 913. The van der Waals surface area contributed by atoms with E-state index in [0.717, 1.165) is 21.9 Å². The number of carbonyl (C=O) groups is 2. The maximum absolute atomic E-state index is 12.1. The summed E-state index contributed by atoms with van der Waals surface area (Å²) >= 11 is 2.92. The van der Waals surface area contributed by atoms with E-state index in [4.69, 9.17) is 0 Å². The van der Waals surface area contributed by atoms with Crippen LogP contribution in [-0.4, -0.2) is 16.8 Å². The summed E-state index contributed by atoms with van der Waals surface area (Å²) in [5.74, 6) is -0.854. The van der Waals surface area contributed by atoms with Crippen LogP contribution in [0.1, 0.15) is 27.9 Å². The largest absolute Gasteiger partial charge is 0.289 e. The molecule has 3 aromatic rings. The maximum Gasteiger partial charge on any atom is 0.289 e. The molecule has 0 spiro atoms. The minimum atomic E-state index is -0.449. The summed E-state index contributed by atoms with van der Waals surface area (Å²) in [6.45, 7) is 2.10. The lowest BCUT2D eigenvalue weighted by atomic mass is 10.1. The Kier molecular flexibility index (Phi) is 5.93. The third-order valence-electron chi connectivity index (χ3n) is 3.59. The molecular weight excluding hydrogens is 366 g/mol. The van der Waals surface area contributed by atoms with Gasteiger partial charge in [0, 0.05) is 21.9 Å². The highest BCUT2D eigenvalue weighted by molar-refractivity contribution is 7.13. The first-order valence-corrected chi connectivity index (χ1v) is 9.78. The van der Waals surface area contributed by atoms with Gasteiger partial charge in [0.15, 0.2) is 0 Å². The van der Waals surface area contributed by atoms with Crippen LogP contribution in [0.5, 0.6) is 0 Å². The number of hydrazine groups is 1. The summed E-state index contributed by atoms with van der Waals surface area (Å²) in [5, 5.41) is 4.36. The predicted octanol–water partition coefficient (Wildman–Crippen LogP) is 3.91. The average Bonchev–Trinajstić information content (AvgIpc) is 3.36. The van der Waals surface area contributed by atoms with Crippen molar-refractivity contribution in [1.29, 1.82) is 0 Å². The van der Waals surface area contributed by atoms with E-state index in [9.17, 15) is 9.59 Å². The summed E-state index contributed by atoms with van der Waals surface area (Å²) in [6, 6.07) is 11.9. The summed E-state index contributed by atoms with van der Waals surface area (Å²) in [6.07, 6.45) is 4.04. The van der Waals surface area contributed by atoms with Crippen molar-refractivity contribution in [3.8, 4) is 10.6 Å². The Balaban J connectivity index is 1.56. The van der Waals surface area contributed by atoms with Crippen LogP contribution < -0.4 is 10.9 Å². The number of nitrogens with one attached hydrogen (secondary N) is 2. The van der Waals surface area contributed by atoms with E-state index in [1.165, 1.54) is 34.3 Å². The first-order valence-electron chi connectivity index (χ1n) is 8.02. The number of amides is 2. The Hall–Kier alpha value is -2.77. The van der Waals surface area contributed by atoms with E-state index in [1.807, 2.05) is 29.6 Å². The highest BCUT2D eigenvalue weighted by Gasteiger charge is 2.12. The van der Waals surface area contributed by atoms with Crippen molar-refractivity contribution in [3.05, 3.63) is 69.4 Å². The number of rotatable bonds is 5. The molecule has 0 saturated heterocycles. The molecule has 132 valence electrons. The van der Waals surface area contributed by atoms with Gasteiger partial charge < -0.3 is 0 Å². The molecule has 0 atom stereocenters. The van der Waals surface area contributed by atoms with Gasteiger partial charge in [0.25, 0.3) is 11.8 Å². The Morgan fingerprint density at radius 3 is 2.62 bits per heavy atom. The molecule has 0 aliphatic carbocycles. The molecule has 0 aliphatic rings. The van der Waals surface area contributed by atoms with Gasteiger partial charge in [-0.1, -0.05) is 37.3 Å². The SMILES string of the molecule is CCc1ccc(-c2nc(C(=O)NNC(=O)/C=C/c3cccs3)cs2)cc1. The van der Waals surface area contributed by atoms with Gasteiger partial charge in [0.05, 0.1) is 0 Å². The minimum Gasteiger partial charge on any atom is -0.268 e. The van der Waals surface area contributed by atoms with Gasteiger partial charge in [-0.25, -0.2) is 4.98 Å². The third-order valence-corrected chi connectivity index (χ3v) is 5.32. The molecule has 5 nitrogen and oxygen atoms in total. The number of aryl methyl sites for hydroxylation is 1. The van der Waals surface area contributed by atoms with Gasteiger partial charge in [-0.2, -0.15) is 0 Å². The zero-order chi connectivity index (χ0) is 18.4. The van der Waals surface area contributed by atoms with Crippen molar-refractivity contribution >= 4 is 40.6 Å². The van der Waals surface area contributed by atoms with Crippen LogP contribution in [0.4, 0.5) is 0 Å². The monoisotopic (exact) mass is 383 g/mol. The van der Waals surface area contributed by atoms with Crippen molar-refractivity contribution in [2.45, 2.75) is 13.3 Å². The highest BCUT2D eigenvalue weighted by atomic mass is 32.1. The molecule has 2 amide bonds. The number of hydrogen-bond donors (Lipinski definition) is 2. The van der Waals surface area contributed by atoms with Crippen LogP contribution in [0, 0.1) is 0 Å². The van der Waals surface area contributed by atoms with E-state index >= 15 is 0 Å². The van der Waals surface area contributed by atoms with E-state index in [0.29, 0.717) is 0 Å². The number of thiophene rings is 1. The molecule has 2 aromatic heterocycles. The topological polar surface area (TPSA) is 71.1 Å². The number of nitrogens with zero attached hydrogens (tertiary/aromatic N) is 1. The van der Waals surface area contributed by atoms with Crippen LogP contribution in [-0.2, 0) is 11.2 Å². The molecule has 3 rings (SSSR count). The zero-order valence-corrected chi connectivity index (χ0v) is 15.7. The Labute approximate surface area is 159 Å². The second-order valence-electron chi connectivity index (χ2n) is 5.38. The molecule has 2 N–H and O–H groups in total. The fourth-order valence-electron chi connectivity index (χ4n) is 2.16. The smallest absolute Gasteiger partial charge is 0.268 e. The second kappa shape index (κ2) is 8.55. The minimum absolute atomic E-state index is 0.270. The Morgan fingerprint density at radius 2 is 1.92 bits per heavy atom. The molecule has 0 radical (unpaired) electrons. The average molecular weight is 383 g/mol. The molecule has 26 heavy (non-hydrogen) atoms. The lowest BCUT2D eigenvalue weighted by Crippen LogP contribution is -2.40. The van der Waals surface area contributed by atoms with Crippen molar-refractivity contribution in [3.63, 3.8) is 0 Å². The van der Waals surface area contributed by atoms with E-state index in [-0.39, 0.29) is 5.69 Å². The van der Waals surface area contributed by atoms with Crippen molar-refractivity contribution in [2.75, 3.05) is 0 Å². The molecule has 0 fully saturated rings. The third kappa shape index (κ3) is 4.65. The summed E-state index contributed by atoms with van der Waals surface area (Å²) in [5.41, 5.74) is 7.21. The van der Waals surface area contributed by atoms with Gasteiger partial charge in [0.2, 0.25) is 0 Å². The van der Waals surface area contributed by atoms with Gasteiger partial charge >= 0.3 is 0 Å². The lowest BCUT2D eigenvalue weighted by Gasteiger charge is -2.02. The molecule has 0 unspecified atom stereocenters. The second-order valence-corrected chi connectivity index (χ2v) is 7.22. The highest BCUT2D eigenvalue weighted by Crippen LogP contribution is 2.24. The van der Waals surface area contributed by atoms with Crippen LogP contribution in [0.25, 0.3) is 16.6 Å². The number of hydrogen-bond acceptors (Lipinski definition) is 5. The fraction of sp³-hybridized carbons (Fsp3) is 0.105. The molecular formula is C19H17N3O2S2. The molecule has 0 aliphatic heterocycles. The van der Waals surface area contributed by atoms with Gasteiger partial charge in [-0.15, -0.1) is 22.7 Å². The normalized spacial score (nSPS) is 10.8. The molecule has 2 heterocycles. The maximum atomic E-state index is 12.1. The zero-order valence-electron chi connectivity index (χ0n) is 14.1. The predicted molar refractivity (Wildman–Crippen MR) is 106 cm³/mol.